The zero-order valence-electron chi connectivity index (χ0n) is 10.7. The van der Waals surface area contributed by atoms with Crippen LogP contribution in [0.4, 0.5) is 13.2 Å². The van der Waals surface area contributed by atoms with Gasteiger partial charge in [0.2, 0.25) is 0 Å². The summed E-state index contributed by atoms with van der Waals surface area (Å²) >= 11 is 0.953. The Kier molecular flexibility index (Phi) is 4.63. The molecule has 1 N–H and O–H groups in total. The molecule has 19 heavy (non-hydrogen) atoms. The molecule has 108 valence electrons. The normalized spacial score (nSPS) is 15.9. The third kappa shape index (κ3) is 4.50. The lowest BCUT2D eigenvalue weighted by atomic mass is 10.00. The van der Waals surface area contributed by atoms with E-state index in [2.05, 4.69) is 0 Å². The molecule has 0 amide bonds. The summed E-state index contributed by atoms with van der Waals surface area (Å²) in [5, 5.41) is 11.3. The Hall–Kier alpha value is -1.08. The summed E-state index contributed by atoms with van der Waals surface area (Å²) in [4.78, 5) is 11.7. The fourth-order valence-corrected chi connectivity index (χ4v) is 2.18. The van der Waals surface area contributed by atoms with Gasteiger partial charge in [0, 0.05) is 4.88 Å². The molecule has 7 heteroatoms. The topological polar surface area (TPSA) is 46.5 Å². The van der Waals surface area contributed by atoms with Gasteiger partial charge in [-0.25, -0.2) is 0 Å². The number of aliphatic hydroxyl groups is 1. The van der Waals surface area contributed by atoms with Crippen LogP contribution in [0.2, 0.25) is 0 Å². The van der Waals surface area contributed by atoms with Crippen molar-refractivity contribution in [3.05, 3.63) is 22.4 Å². The first kappa shape index (κ1) is 16.0. The monoisotopic (exact) mass is 296 g/mol. The molecule has 0 aliphatic rings. The van der Waals surface area contributed by atoms with Crippen LogP contribution in [-0.2, 0) is 9.53 Å². The highest BCUT2D eigenvalue weighted by Gasteiger charge is 2.52. The minimum atomic E-state index is -4.87. The number of carbonyl (C=O) groups excluding carboxylic acids is 1. The predicted octanol–water partition coefficient (Wildman–Crippen LogP) is 3.30. The van der Waals surface area contributed by atoms with E-state index < -0.39 is 29.8 Å². The molecule has 3 nitrogen and oxygen atoms in total. The van der Waals surface area contributed by atoms with Crippen molar-refractivity contribution >= 4 is 17.3 Å². The zero-order valence-corrected chi connectivity index (χ0v) is 11.5. The lowest BCUT2D eigenvalue weighted by molar-refractivity contribution is -0.221. The average Bonchev–Trinajstić information content (AvgIpc) is 2.63. The summed E-state index contributed by atoms with van der Waals surface area (Å²) in [7, 11) is 0. The molecule has 0 radical (unpaired) electrons. The molecule has 1 rings (SSSR count). The first-order valence-electron chi connectivity index (χ1n) is 5.53. The second kappa shape index (κ2) is 5.50. The van der Waals surface area contributed by atoms with Gasteiger partial charge in [-0.05, 0) is 32.2 Å². The molecule has 0 aromatic carbocycles. The molecular weight excluding hydrogens is 281 g/mol. The summed E-state index contributed by atoms with van der Waals surface area (Å²) < 4.78 is 43.5. The van der Waals surface area contributed by atoms with Gasteiger partial charge in [-0.2, -0.15) is 13.2 Å². The van der Waals surface area contributed by atoms with Crippen molar-refractivity contribution in [1.82, 2.24) is 0 Å². The second-order valence-electron chi connectivity index (χ2n) is 5.01. The van der Waals surface area contributed by atoms with Gasteiger partial charge < -0.3 is 9.84 Å². The molecule has 1 aromatic rings. The molecular formula is C12H15F3O3S. The highest BCUT2D eigenvalue weighted by atomic mass is 32.1. The fourth-order valence-electron chi connectivity index (χ4n) is 1.43. The van der Waals surface area contributed by atoms with E-state index in [1.165, 1.54) is 38.3 Å². The molecule has 0 spiro atoms. The van der Waals surface area contributed by atoms with Crippen molar-refractivity contribution in [3.8, 4) is 0 Å². The lowest BCUT2D eigenvalue weighted by Gasteiger charge is -2.27. The molecule has 0 bridgehead atoms. The smallest absolute Gasteiger partial charge is 0.405 e. The van der Waals surface area contributed by atoms with E-state index in [0.29, 0.717) is 0 Å². The van der Waals surface area contributed by atoms with Crippen LogP contribution in [0.5, 0.6) is 0 Å². The minimum absolute atomic E-state index is 0.0770. The number of esters is 1. The van der Waals surface area contributed by atoms with Crippen LogP contribution in [0.3, 0.4) is 0 Å². The number of thiophene rings is 1. The fraction of sp³-hybridized carbons (Fsp3) is 0.583. The number of rotatable bonds is 3. The lowest BCUT2D eigenvalue weighted by Crippen LogP contribution is -2.40. The Balaban J connectivity index is 3.00. The summed E-state index contributed by atoms with van der Waals surface area (Å²) in [6.45, 7) is 4.40. The number of carbonyl (C=O) groups is 1. The van der Waals surface area contributed by atoms with Gasteiger partial charge in [-0.3, -0.25) is 4.79 Å². The molecule has 1 aromatic heterocycles. The van der Waals surface area contributed by atoms with Crippen LogP contribution in [-0.4, -0.2) is 22.9 Å². The van der Waals surface area contributed by atoms with Gasteiger partial charge >= 0.3 is 12.1 Å². The number of ether oxygens (including phenoxy) is 1. The van der Waals surface area contributed by atoms with Crippen LogP contribution in [0.1, 0.15) is 31.8 Å². The molecule has 0 saturated carbocycles. The molecule has 0 fully saturated rings. The van der Waals surface area contributed by atoms with Crippen molar-refractivity contribution in [2.45, 2.75) is 38.7 Å². The van der Waals surface area contributed by atoms with E-state index in [-0.39, 0.29) is 4.88 Å². The van der Waals surface area contributed by atoms with E-state index in [9.17, 15) is 23.1 Å². The maximum Gasteiger partial charge on any atom is 0.405 e. The van der Waals surface area contributed by atoms with Crippen LogP contribution in [0.25, 0.3) is 0 Å². The largest absolute Gasteiger partial charge is 0.459 e. The van der Waals surface area contributed by atoms with E-state index in [1.807, 2.05) is 0 Å². The molecule has 1 heterocycles. The van der Waals surface area contributed by atoms with Crippen LogP contribution < -0.4 is 0 Å². The van der Waals surface area contributed by atoms with Crippen molar-refractivity contribution in [3.63, 3.8) is 0 Å². The first-order valence-corrected chi connectivity index (χ1v) is 6.41. The van der Waals surface area contributed by atoms with Crippen molar-refractivity contribution < 1.29 is 27.8 Å². The van der Waals surface area contributed by atoms with Gasteiger partial charge in [-0.15, -0.1) is 11.3 Å². The highest BCUT2D eigenvalue weighted by Crippen LogP contribution is 2.39. The van der Waals surface area contributed by atoms with E-state index in [1.54, 1.807) is 0 Å². The van der Waals surface area contributed by atoms with E-state index >= 15 is 0 Å². The average molecular weight is 296 g/mol. The Labute approximate surface area is 113 Å². The third-order valence-electron chi connectivity index (χ3n) is 2.16. The number of halogens is 3. The standard InChI is InChI=1S/C12H15F3O3S/c1-11(2,3)18-10(17)8(12(13,14)15)9(16)7-5-4-6-19-7/h4-6,8-9,16H,1-3H3/t8-,9-/m1/s1. The van der Waals surface area contributed by atoms with Crippen molar-refractivity contribution in [2.75, 3.05) is 0 Å². The quantitative estimate of drug-likeness (QED) is 0.871. The minimum Gasteiger partial charge on any atom is -0.459 e. The number of hydrogen-bond acceptors (Lipinski definition) is 4. The molecule has 0 saturated heterocycles. The Morgan fingerprint density at radius 3 is 2.32 bits per heavy atom. The Morgan fingerprint density at radius 2 is 1.95 bits per heavy atom. The molecule has 0 unspecified atom stereocenters. The van der Waals surface area contributed by atoms with Crippen molar-refractivity contribution in [1.29, 1.82) is 0 Å². The van der Waals surface area contributed by atoms with Gasteiger partial charge in [0.15, 0.2) is 5.92 Å². The highest BCUT2D eigenvalue weighted by molar-refractivity contribution is 7.10. The van der Waals surface area contributed by atoms with Gasteiger partial charge in [0.05, 0.1) is 0 Å². The summed E-state index contributed by atoms with van der Waals surface area (Å²) in [5.41, 5.74) is -1.05. The van der Waals surface area contributed by atoms with Crippen LogP contribution >= 0.6 is 11.3 Å². The summed E-state index contributed by atoms with van der Waals surface area (Å²) in [6, 6.07) is 2.85. The van der Waals surface area contributed by atoms with Crippen molar-refractivity contribution in [2.24, 2.45) is 5.92 Å². The maximum atomic E-state index is 12.9. The Bertz CT molecular complexity index is 420. The van der Waals surface area contributed by atoms with E-state index in [0.717, 1.165) is 11.3 Å². The Morgan fingerprint density at radius 1 is 1.37 bits per heavy atom. The molecule has 0 aliphatic carbocycles. The third-order valence-corrected chi connectivity index (χ3v) is 3.11. The SMILES string of the molecule is CC(C)(C)OC(=O)[C@@H]([C@H](O)c1cccs1)C(F)(F)F. The summed E-state index contributed by atoms with van der Waals surface area (Å²) in [6.07, 6.45) is -6.82. The summed E-state index contributed by atoms with van der Waals surface area (Å²) in [5.74, 6) is -4.05. The van der Waals surface area contributed by atoms with Crippen LogP contribution in [0.15, 0.2) is 17.5 Å². The maximum absolute atomic E-state index is 12.9. The molecule has 0 aliphatic heterocycles. The van der Waals surface area contributed by atoms with E-state index in [4.69, 9.17) is 4.74 Å². The number of aliphatic hydroxyl groups excluding tert-OH is 1. The zero-order chi connectivity index (χ0) is 14.8. The van der Waals surface area contributed by atoms with Gasteiger partial charge in [0.25, 0.3) is 0 Å². The second-order valence-corrected chi connectivity index (χ2v) is 5.99. The van der Waals surface area contributed by atoms with Gasteiger partial charge in [-0.1, -0.05) is 6.07 Å². The van der Waals surface area contributed by atoms with Gasteiger partial charge in [0.1, 0.15) is 11.7 Å². The predicted molar refractivity (Wildman–Crippen MR) is 64.7 cm³/mol. The number of alkyl halides is 3. The number of hydrogen-bond donors (Lipinski definition) is 1. The van der Waals surface area contributed by atoms with Crippen LogP contribution in [0, 0.1) is 5.92 Å². The first-order chi connectivity index (χ1) is 8.52. The molecule has 2 atom stereocenters.